The fourth-order valence-corrected chi connectivity index (χ4v) is 2.50. The van der Waals surface area contributed by atoms with Crippen molar-refractivity contribution in [3.63, 3.8) is 0 Å². The summed E-state index contributed by atoms with van der Waals surface area (Å²) in [6, 6.07) is 3.02. The molecule has 0 aromatic rings. The van der Waals surface area contributed by atoms with Crippen LogP contribution in [0, 0.1) is 11.3 Å². The highest BCUT2D eigenvalue weighted by Crippen LogP contribution is 2.25. The average Bonchev–Trinajstić information content (AvgIpc) is 3.11. The van der Waals surface area contributed by atoms with Crippen molar-refractivity contribution in [3.8, 4) is 6.07 Å². The van der Waals surface area contributed by atoms with Crippen LogP contribution in [0.4, 0.5) is 0 Å². The molecule has 0 bridgehead atoms. The summed E-state index contributed by atoms with van der Waals surface area (Å²) in [6.07, 6.45) is 3.32. The summed E-state index contributed by atoms with van der Waals surface area (Å²) in [5, 5.41) is 12.8. The van der Waals surface area contributed by atoms with Crippen LogP contribution in [0.5, 0.6) is 0 Å². The standard InChI is InChI=1S/C14H25N3O/c1-13(2)11-18-9-8-17(13)7-6-14(3,10-15)16-12-4-5-12/h12,16H,4-9,11H2,1-3H3. The molecule has 1 saturated carbocycles. The minimum atomic E-state index is -0.379. The van der Waals surface area contributed by atoms with Gasteiger partial charge in [0, 0.05) is 24.7 Å². The van der Waals surface area contributed by atoms with Crippen molar-refractivity contribution < 1.29 is 4.74 Å². The van der Waals surface area contributed by atoms with Crippen LogP contribution in [0.1, 0.15) is 40.0 Å². The van der Waals surface area contributed by atoms with Gasteiger partial charge in [0.25, 0.3) is 0 Å². The molecule has 4 nitrogen and oxygen atoms in total. The summed E-state index contributed by atoms with van der Waals surface area (Å²) >= 11 is 0. The van der Waals surface area contributed by atoms with E-state index < -0.39 is 0 Å². The Bertz CT molecular complexity index is 332. The second-order valence-corrected chi connectivity index (χ2v) is 6.46. The fraction of sp³-hybridized carbons (Fsp3) is 0.929. The third-order valence-corrected chi connectivity index (χ3v) is 4.05. The Hall–Kier alpha value is -0.630. The number of hydrogen-bond donors (Lipinski definition) is 1. The normalized spacial score (nSPS) is 27.4. The van der Waals surface area contributed by atoms with Crippen LogP contribution in [-0.2, 0) is 4.74 Å². The molecule has 102 valence electrons. The quantitative estimate of drug-likeness (QED) is 0.805. The molecule has 1 saturated heterocycles. The second kappa shape index (κ2) is 5.16. The maximum atomic E-state index is 9.37. The number of nitrogens with one attached hydrogen (secondary N) is 1. The number of hydrogen-bond acceptors (Lipinski definition) is 4. The van der Waals surface area contributed by atoms with Gasteiger partial charge in [-0.15, -0.1) is 0 Å². The average molecular weight is 251 g/mol. The number of rotatable bonds is 5. The van der Waals surface area contributed by atoms with Crippen molar-refractivity contribution in [1.29, 1.82) is 5.26 Å². The molecule has 0 aromatic heterocycles. The zero-order valence-corrected chi connectivity index (χ0v) is 11.8. The molecule has 2 rings (SSSR count). The minimum Gasteiger partial charge on any atom is -0.378 e. The maximum absolute atomic E-state index is 9.37. The van der Waals surface area contributed by atoms with Gasteiger partial charge in [0.05, 0.1) is 19.3 Å². The zero-order chi connectivity index (χ0) is 13.2. The number of ether oxygens (including phenoxy) is 1. The number of morpholine rings is 1. The van der Waals surface area contributed by atoms with E-state index in [0.29, 0.717) is 6.04 Å². The van der Waals surface area contributed by atoms with Gasteiger partial charge in [0.15, 0.2) is 0 Å². The molecule has 1 aliphatic carbocycles. The van der Waals surface area contributed by atoms with Crippen LogP contribution >= 0.6 is 0 Å². The lowest BCUT2D eigenvalue weighted by atomic mass is 9.96. The molecule has 18 heavy (non-hydrogen) atoms. The lowest BCUT2D eigenvalue weighted by Crippen LogP contribution is -2.55. The van der Waals surface area contributed by atoms with Gasteiger partial charge in [-0.2, -0.15) is 5.26 Å². The highest BCUT2D eigenvalue weighted by Gasteiger charge is 2.35. The van der Waals surface area contributed by atoms with Crippen LogP contribution in [0.25, 0.3) is 0 Å². The van der Waals surface area contributed by atoms with Crippen LogP contribution in [0.15, 0.2) is 0 Å². The van der Waals surface area contributed by atoms with Gasteiger partial charge in [-0.1, -0.05) is 0 Å². The van der Waals surface area contributed by atoms with E-state index in [9.17, 15) is 5.26 Å². The van der Waals surface area contributed by atoms with E-state index in [2.05, 4.69) is 30.1 Å². The van der Waals surface area contributed by atoms with E-state index in [1.807, 2.05) is 6.92 Å². The molecule has 2 fully saturated rings. The largest absolute Gasteiger partial charge is 0.378 e. The summed E-state index contributed by atoms with van der Waals surface area (Å²) in [5.41, 5.74) is -0.288. The summed E-state index contributed by atoms with van der Waals surface area (Å²) in [4.78, 5) is 2.45. The number of nitrogens with zero attached hydrogens (tertiary/aromatic N) is 2. The van der Waals surface area contributed by atoms with Crippen molar-refractivity contribution in [3.05, 3.63) is 0 Å². The molecule has 1 N–H and O–H groups in total. The monoisotopic (exact) mass is 251 g/mol. The van der Waals surface area contributed by atoms with Gasteiger partial charge < -0.3 is 4.74 Å². The SMILES string of the molecule is CC(C#N)(CCN1CCOCC1(C)C)NC1CC1. The smallest absolute Gasteiger partial charge is 0.105 e. The van der Waals surface area contributed by atoms with Gasteiger partial charge >= 0.3 is 0 Å². The minimum absolute atomic E-state index is 0.0915. The Kier molecular flexibility index (Phi) is 3.96. The summed E-state index contributed by atoms with van der Waals surface area (Å²) in [6.45, 7) is 9.97. The summed E-state index contributed by atoms with van der Waals surface area (Å²) in [5.74, 6) is 0. The second-order valence-electron chi connectivity index (χ2n) is 6.46. The number of nitriles is 1. The molecule has 1 heterocycles. The van der Waals surface area contributed by atoms with E-state index in [-0.39, 0.29) is 11.1 Å². The first kappa shape index (κ1) is 13.8. The Morgan fingerprint density at radius 2 is 2.22 bits per heavy atom. The Morgan fingerprint density at radius 3 is 2.78 bits per heavy atom. The van der Waals surface area contributed by atoms with Crippen molar-refractivity contribution in [2.24, 2.45) is 0 Å². The Labute approximate surface area is 110 Å². The zero-order valence-electron chi connectivity index (χ0n) is 11.8. The van der Waals surface area contributed by atoms with E-state index in [4.69, 9.17) is 4.74 Å². The summed E-state index contributed by atoms with van der Waals surface area (Å²) in [7, 11) is 0. The topological polar surface area (TPSA) is 48.3 Å². The third kappa shape index (κ3) is 3.44. The molecular weight excluding hydrogens is 226 g/mol. The van der Waals surface area contributed by atoms with Crippen LogP contribution in [0.2, 0.25) is 0 Å². The highest BCUT2D eigenvalue weighted by atomic mass is 16.5. The van der Waals surface area contributed by atoms with Gasteiger partial charge in [0.2, 0.25) is 0 Å². The lowest BCUT2D eigenvalue weighted by Gasteiger charge is -2.43. The van der Waals surface area contributed by atoms with Crippen molar-refractivity contribution >= 4 is 0 Å². The fourth-order valence-electron chi connectivity index (χ4n) is 2.50. The van der Waals surface area contributed by atoms with Crippen LogP contribution in [-0.4, -0.2) is 48.3 Å². The van der Waals surface area contributed by atoms with Gasteiger partial charge in [-0.3, -0.25) is 10.2 Å². The Balaban J connectivity index is 1.86. The summed E-state index contributed by atoms with van der Waals surface area (Å²) < 4.78 is 5.53. The van der Waals surface area contributed by atoms with E-state index >= 15 is 0 Å². The predicted octanol–water partition coefficient (Wildman–Crippen LogP) is 1.52. The molecule has 2 aliphatic rings. The molecule has 0 spiro atoms. The van der Waals surface area contributed by atoms with Gasteiger partial charge in [-0.25, -0.2) is 0 Å². The predicted molar refractivity (Wildman–Crippen MR) is 71.3 cm³/mol. The molecule has 1 aliphatic heterocycles. The van der Waals surface area contributed by atoms with Crippen molar-refractivity contribution in [2.75, 3.05) is 26.3 Å². The van der Waals surface area contributed by atoms with Gasteiger partial charge in [0.1, 0.15) is 5.54 Å². The first-order chi connectivity index (χ1) is 8.45. The molecule has 0 aromatic carbocycles. The first-order valence-electron chi connectivity index (χ1n) is 6.97. The van der Waals surface area contributed by atoms with E-state index in [1.165, 1.54) is 12.8 Å². The van der Waals surface area contributed by atoms with E-state index in [0.717, 1.165) is 32.7 Å². The molecule has 1 unspecified atom stereocenters. The molecule has 1 atom stereocenters. The van der Waals surface area contributed by atoms with Crippen molar-refractivity contribution in [1.82, 2.24) is 10.2 Å². The lowest BCUT2D eigenvalue weighted by molar-refractivity contribution is -0.0528. The third-order valence-electron chi connectivity index (χ3n) is 4.05. The van der Waals surface area contributed by atoms with Gasteiger partial charge in [-0.05, 0) is 40.0 Å². The Morgan fingerprint density at radius 1 is 1.50 bits per heavy atom. The molecule has 0 amide bonds. The van der Waals surface area contributed by atoms with E-state index in [1.54, 1.807) is 0 Å². The first-order valence-corrected chi connectivity index (χ1v) is 6.97. The molecular formula is C14H25N3O. The maximum Gasteiger partial charge on any atom is 0.105 e. The van der Waals surface area contributed by atoms with Crippen molar-refractivity contribution in [2.45, 2.75) is 57.2 Å². The van der Waals surface area contributed by atoms with Crippen LogP contribution < -0.4 is 5.32 Å². The highest BCUT2D eigenvalue weighted by molar-refractivity contribution is 5.07. The molecule has 0 radical (unpaired) electrons. The molecule has 4 heteroatoms. The van der Waals surface area contributed by atoms with Crippen LogP contribution in [0.3, 0.4) is 0 Å².